The van der Waals surface area contributed by atoms with Gasteiger partial charge in [0.1, 0.15) is 0 Å². The predicted molar refractivity (Wildman–Crippen MR) is 92.3 cm³/mol. The molecule has 128 valence electrons. The molecule has 1 aliphatic heterocycles. The van der Waals surface area contributed by atoms with Gasteiger partial charge < -0.3 is 10.2 Å². The van der Waals surface area contributed by atoms with Crippen molar-refractivity contribution in [3.8, 4) is 0 Å². The average Bonchev–Trinajstić information content (AvgIpc) is 2.49. The third kappa shape index (κ3) is 5.84. The van der Waals surface area contributed by atoms with E-state index in [9.17, 15) is 13.2 Å². The van der Waals surface area contributed by atoms with Gasteiger partial charge in [0.25, 0.3) is 5.91 Å². The number of nitrogens with zero attached hydrogens (tertiary/aromatic N) is 1. The maximum Gasteiger partial charge on any atom is 0.251 e. The van der Waals surface area contributed by atoms with Gasteiger partial charge in [-0.3, -0.25) is 9.52 Å². The van der Waals surface area contributed by atoms with E-state index in [1.165, 1.54) is 19.3 Å². The van der Waals surface area contributed by atoms with E-state index in [0.29, 0.717) is 17.8 Å². The van der Waals surface area contributed by atoms with E-state index >= 15 is 0 Å². The van der Waals surface area contributed by atoms with Gasteiger partial charge in [0.2, 0.25) is 10.0 Å². The quantitative estimate of drug-likeness (QED) is 0.825. The molecule has 23 heavy (non-hydrogen) atoms. The molecule has 0 bridgehead atoms. The number of piperidine rings is 1. The van der Waals surface area contributed by atoms with Crippen LogP contribution in [-0.2, 0) is 10.0 Å². The van der Waals surface area contributed by atoms with Gasteiger partial charge in [-0.25, -0.2) is 8.42 Å². The van der Waals surface area contributed by atoms with Crippen molar-refractivity contribution in [2.45, 2.75) is 26.2 Å². The van der Waals surface area contributed by atoms with Gasteiger partial charge in [-0.1, -0.05) is 6.42 Å². The first kappa shape index (κ1) is 17.7. The van der Waals surface area contributed by atoms with Gasteiger partial charge in [-0.2, -0.15) is 0 Å². The van der Waals surface area contributed by atoms with Crippen LogP contribution in [0.4, 0.5) is 5.69 Å². The lowest BCUT2D eigenvalue weighted by Crippen LogP contribution is -2.37. The SMILES string of the molecule is Cc1cc(C(=O)NCCN2CCCCC2)ccc1NS(C)(=O)=O. The molecule has 1 aromatic rings. The molecule has 0 aliphatic carbocycles. The summed E-state index contributed by atoms with van der Waals surface area (Å²) >= 11 is 0. The van der Waals surface area contributed by atoms with Gasteiger partial charge >= 0.3 is 0 Å². The fourth-order valence-electron chi connectivity index (χ4n) is 2.73. The zero-order valence-corrected chi connectivity index (χ0v) is 14.6. The minimum atomic E-state index is -3.32. The molecule has 0 spiro atoms. The Morgan fingerprint density at radius 1 is 1.22 bits per heavy atom. The van der Waals surface area contributed by atoms with Crippen molar-refractivity contribution in [1.29, 1.82) is 0 Å². The topological polar surface area (TPSA) is 78.5 Å². The Hall–Kier alpha value is -1.60. The van der Waals surface area contributed by atoms with Crippen molar-refractivity contribution < 1.29 is 13.2 Å². The van der Waals surface area contributed by atoms with Gasteiger partial charge in [0.05, 0.1) is 11.9 Å². The van der Waals surface area contributed by atoms with Crippen LogP contribution in [-0.4, -0.2) is 51.7 Å². The molecule has 0 atom stereocenters. The Morgan fingerprint density at radius 3 is 2.52 bits per heavy atom. The monoisotopic (exact) mass is 339 g/mol. The van der Waals surface area contributed by atoms with Crippen LogP contribution in [0.25, 0.3) is 0 Å². The van der Waals surface area contributed by atoms with Crippen molar-refractivity contribution in [1.82, 2.24) is 10.2 Å². The Kier molecular flexibility index (Phi) is 6.01. The fraction of sp³-hybridized carbons (Fsp3) is 0.562. The summed E-state index contributed by atoms with van der Waals surface area (Å²) in [7, 11) is -3.32. The standard InChI is InChI=1S/C16H25N3O3S/c1-13-12-14(6-7-15(13)18-23(2,21)22)16(20)17-8-11-19-9-4-3-5-10-19/h6-7,12,18H,3-5,8-11H2,1-2H3,(H,17,20). The zero-order chi connectivity index (χ0) is 16.9. The van der Waals surface area contributed by atoms with Crippen LogP contribution in [0.1, 0.15) is 35.2 Å². The van der Waals surface area contributed by atoms with E-state index in [0.717, 1.165) is 31.5 Å². The molecule has 2 N–H and O–H groups in total. The predicted octanol–water partition coefficient (Wildman–Crippen LogP) is 1.58. The molecule has 0 unspecified atom stereocenters. The highest BCUT2D eigenvalue weighted by Gasteiger charge is 2.12. The lowest BCUT2D eigenvalue weighted by atomic mass is 10.1. The smallest absolute Gasteiger partial charge is 0.251 e. The number of anilines is 1. The highest BCUT2D eigenvalue weighted by molar-refractivity contribution is 7.92. The maximum atomic E-state index is 12.2. The van der Waals surface area contributed by atoms with Crippen LogP contribution >= 0.6 is 0 Å². The van der Waals surface area contributed by atoms with E-state index in [1.807, 2.05) is 0 Å². The Labute approximate surface area is 138 Å². The molecule has 0 saturated carbocycles. The number of carbonyl (C=O) groups excluding carboxylic acids is 1. The number of rotatable bonds is 6. The van der Waals surface area contributed by atoms with E-state index < -0.39 is 10.0 Å². The molecule has 1 aliphatic rings. The number of aryl methyl sites for hydroxylation is 1. The van der Waals surface area contributed by atoms with Crippen molar-refractivity contribution in [3.05, 3.63) is 29.3 Å². The highest BCUT2D eigenvalue weighted by Crippen LogP contribution is 2.17. The first-order valence-electron chi connectivity index (χ1n) is 7.94. The van der Waals surface area contributed by atoms with E-state index in [2.05, 4.69) is 14.9 Å². The zero-order valence-electron chi connectivity index (χ0n) is 13.8. The van der Waals surface area contributed by atoms with Crippen molar-refractivity contribution >= 4 is 21.6 Å². The summed E-state index contributed by atoms with van der Waals surface area (Å²) in [6.45, 7) is 5.50. The summed E-state index contributed by atoms with van der Waals surface area (Å²) in [6.07, 6.45) is 4.88. The van der Waals surface area contributed by atoms with Crippen molar-refractivity contribution in [3.63, 3.8) is 0 Å². The number of hydrogen-bond donors (Lipinski definition) is 2. The largest absolute Gasteiger partial charge is 0.351 e. The molecule has 6 nitrogen and oxygen atoms in total. The van der Waals surface area contributed by atoms with Crippen LogP contribution in [0.2, 0.25) is 0 Å². The second-order valence-electron chi connectivity index (χ2n) is 6.06. The average molecular weight is 339 g/mol. The molecular formula is C16H25N3O3S. The Morgan fingerprint density at radius 2 is 1.91 bits per heavy atom. The molecule has 1 amide bonds. The summed E-state index contributed by atoms with van der Waals surface area (Å²) in [5, 5.41) is 2.92. The summed E-state index contributed by atoms with van der Waals surface area (Å²) < 4.78 is 25.0. The van der Waals surface area contributed by atoms with E-state index in [-0.39, 0.29) is 5.91 Å². The molecule has 2 rings (SSSR count). The second-order valence-corrected chi connectivity index (χ2v) is 7.81. The minimum Gasteiger partial charge on any atom is -0.351 e. The Bertz CT molecular complexity index is 653. The number of amides is 1. The summed E-state index contributed by atoms with van der Waals surface area (Å²) in [5.41, 5.74) is 1.76. The van der Waals surface area contributed by atoms with Crippen LogP contribution in [0, 0.1) is 6.92 Å². The molecule has 1 heterocycles. The first-order valence-corrected chi connectivity index (χ1v) is 9.83. The highest BCUT2D eigenvalue weighted by atomic mass is 32.2. The third-order valence-corrected chi connectivity index (χ3v) is 4.54. The van der Waals surface area contributed by atoms with Crippen LogP contribution in [0.3, 0.4) is 0 Å². The number of sulfonamides is 1. The summed E-state index contributed by atoms with van der Waals surface area (Å²) in [4.78, 5) is 14.5. The second kappa shape index (κ2) is 7.79. The van der Waals surface area contributed by atoms with Gasteiger partial charge in [0.15, 0.2) is 0 Å². The Balaban J connectivity index is 1.88. The number of likely N-dealkylation sites (tertiary alicyclic amines) is 1. The third-order valence-electron chi connectivity index (χ3n) is 3.95. The lowest BCUT2D eigenvalue weighted by Gasteiger charge is -2.26. The van der Waals surface area contributed by atoms with Crippen LogP contribution in [0.5, 0.6) is 0 Å². The van der Waals surface area contributed by atoms with Crippen molar-refractivity contribution in [2.75, 3.05) is 37.2 Å². The number of hydrogen-bond acceptors (Lipinski definition) is 4. The number of benzene rings is 1. The maximum absolute atomic E-state index is 12.2. The van der Waals surface area contributed by atoms with Crippen LogP contribution in [0.15, 0.2) is 18.2 Å². The fourth-order valence-corrected chi connectivity index (χ4v) is 3.36. The van der Waals surface area contributed by atoms with Gasteiger partial charge in [-0.15, -0.1) is 0 Å². The van der Waals surface area contributed by atoms with Crippen LogP contribution < -0.4 is 10.0 Å². The number of nitrogens with one attached hydrogen (secondary N) is 2. The van der Waals surface area contributed by atoms with Gasteiger partial charge in [0, 0.05) is 18.7 Å². The van der Waals surface area contributed by atoms with Crippen molar-refractivity contribution in [2.24, 2.45) is 0 Å². The molecule has 1 fully saturated rings. The minimum absolute atomic E-state index is 0.129. The van der Waals surface area contributed by atoms with Gasteiger partial charge in [-0.05, 0) is 56.6 Å². The molecule has 0 aromatic heterocycles. The molecule has 1 aromatic carbocycles. The number of carbonyl (C=O) groups is 1. The lowest BCUT2D eigenvalue weighted by molar-refractivity contribution is 0.0946. The molecule has 0 radical (unpaired) electrons. The molecule has 1 saturated heterocycles. The normalized spacial score (nSPS) is 16.1. The molecular weight excluding hydrogens is 314 g/mol. The molecule has 7 heteroatoms. The van der Waals surface area contributed by atoms with E-state index in [1.54, 1.807) is 25.1 Å². The summed E-state index contributed by atoms with van der Waals surface area (Å²) in [6, 6.07) is 4.95. The van der Waals surface area contributed by atoms with E-state index in [4.69, 9.17) is 0 Å². The summed E-state index contributed by atoms with van der Waals surface area (Å²) in [5.74, 6) is -0.129. The first-order chi connectivity index (χ1) is 10.8.